The molecule has 2 aliphatic heterocycles. The van der Waals surface area contributed by atoms with Crippen LogP contribution in [0.25, 0.3) is 0 Å². The molecule has 0 radical (unpaired) electrons. The number of nitrogens with one attached hydrogen (secondary N) is 2. The predicted octanol–water partition coefficient (Wildman–Crippen LogP) is 1.84. The summed E-state index contributed by atoms with van der Waals surface area (Å²) in [4.78, 5) is 12.4. The molecule has 6 heteroatoms. The van der Waals surface area contributed by atoms with E-state index in [1.165, 1.54) is 0 Å². The number of ether oxygens (including phenoxy) is 2. The Kier molecular flexibility index (Phi) is 3.26. The maximum atomic E-state index is 12.4. The van der Waals surface area contributed by atoms with Crippen molar-refractivity contribution >= 4 is 23.1 Å². The maximum Gasteiger partial charge on any atom is 0.171 e. The first-order valence-electron chi connectivity index (χ1n) is 7.42. The minimum absolute atomic E-state index is 0.163. The highest BCUT2D eigenvalue weighted by atomic mass is 32.1. The Balaban J connectivity index is 1.73. The first kappa shape index (κ1) is 13.6. The Morgan fingerprint density at radius 2 is 2.00 bits per heavy atom. The highest BCUT2D eigenvalue weighted by Gasteiger charge is 2.38. The van der Waals surface area contributed by atoms with Gasteiger partial charge < -0.3 is 20.1 Å². The lowest BCUT2D eigenvalue weighted by atomic mass is 9.80. The molecule has 0 spiro atoms. The minimum atomic E-state index is -0.219. The quantitative estimate of drug-likeness (QED) is 0.771. The van der Waals surface area contributed by atoms with Gasteiger partial charge in [-0.15, -0.1) is 0 Å². The first-order chi connectivity index (χ1) is 10.7. The molecule has 0 aromatic heterocycles. The van der Waals surface area contributed by atoms with Gasteiger partial charge in [0.15, 0.2) is 16.6 Å². The molecule has 1 saturated heterocycles. The average Bonchev–Trinajstić information content (AvgIpc) is 2.53. The summed E-state index contributed by atoms with van der Waals surface area (Å²) >= 11 is 5.28. The van der Waals surface area contributed by atoms with Crippen LogP contribution in [-0.2, 0) is 4.79 Å². The molecule has 4 rings (SSSR count). The fourth-order valence-corrected chi connectivity index (χ4v) is 3.49. The summed E-state index contributed by atoms with van der Waals surface area (Å²) in [5, 5.41) is 6.90. The second-order valence-corrected chi connectivity index (χ2v) is 6.03. The molecule has 2 atom stereocenters. The van der Waals surface area contributed by atoms with Gasteiger partial charge in [-0.05, 0) is 36.3 Å². The zero-order valence-electron chi connectivity index (χ0n) is 11.9. The van der Waals surface area contributed by atoms with Crippen LogP contribution in [0.3, 0.4) is 0 Å². The molecular weight excluding hydrogens is 300 g/mol. The number of fused-ring (bicyclic) bond motifs is 2. The van der Waals surface area contributed by atoms with E-state index in [9.17, 15) is 4.79 Å². The van der Waals surface area contributed by atoms with Crippen molar-refractivity contribution < 1.29 is 14.3 Å². The minimum Gasteiger partial charge on any atom is -0.486 e. The summed E-state index contributed by atoms with van der Waals surface area (Å²) < 4.78 is 11.2. The van der Waals surface area contributed by atoms with Gasteiger partial charge in [-0.2, -0.15) is 0 Å². The standard InChI is InChI=1S/C16H16N2O3S/c19-11-3-1-2-10-14(11)15(18-16(22)17-10)9-4-5-12-13(8-9)21-7-6-20-12/h2,4-5,8,14-15H,1,3,6-7H2,(H2,17,18,22)/t14-,15-/m1/s1. The van der Waals surface area contributed by atoms with E-state index in [1.807, 2.05) is 18.2 Å². The summed E-state index contributed by atoms with van der Waals surface area (Å²) in [6.45, 7) is 1.11. The molecular formula is C16H16N2O3S. The van der Waals surface area contributed by atoms with Gasteiger partial charge >= 0.3 is 0 Å². The Bertz CT molecular complexity index is 686. The van der Waals surface area contributed by atoms with Gasteiger partial charge in [0.05, 0.1) is 12.0 Å². The molecule has 1 fully saturated rings. The van der Waals surface area contributed by atoms with Gasteiger partial charge in [0.25, 0.3) is 0 Å². The smallest absolute Gasteiger partial charge is 0.171 e. The number of rotatable bonds is 1. The zero-order valence-corrected chi connectivity index (χ0v) is 12.7. The van der Waals surface area contributed by atoms with E-state index in [-0.39, 0.29) is 17.7 Å². The maximum absolute atomic E-state index is 12.4. The van der Waals surface area contributed by atoms with Gasteiger partial charge in [0.2, 0.25) is 0 Å². The third-order valence-corrected chi connectivity index (χ3v) is 4.46. The normalized spacial score (nSPS) is 26.5. The van der Waals surface area contributed by atoms with Gasteiger partial charge in [0, 0.05) is 12.1 Å². The highest BCUT2D eigenvalue weighted by molar-refractivity contribution is 7.80. The molecule has 0 saturated carbocycles. The van der Waals surface area contributed by atoms with Crippen molar-refractivity contribution in [2.24, 2.45) is 5.92 Å². The lowest BCUT2D eigenvalue weighted by molar-refractivity contribution is -0.123. The molecule has 2 N–H and O–H groups in total. The number of hydrogen-bond acceptors (Lipinski definition) is 4. The monoisotopic (exact) mass is 316 g/mol. The van der Waals surface area contributed by atoms with Gasteiger partial charge in [-0.3, -0.25) is 4.79 Å². The van der Waals surface area contributed by atoms with Crippen molar-refractivity contribution in [1.82, 2.24) is 10.6 Å². The fraction of sp³-hybridized carbons (Fsp3) is 0.375. The van der Waals surface area contributed by atoms with Crippen LogP contribution in [0.4, 0.5) is 0 Å². The molecule has 2 heterocycles. The second kappa shape index (κ2) is 5.28. The molecule has 1 aromatic rings. The molecule has 3 aliphatic rings. The number of carbonyl (C=O) groups is 1. The number of carbonyl (C=O) groups excluding carboxylic acids is 1. The fourth-order valence-electron chi connectivity index (χ4n) is 3.24. The van der Waals surface area contributed by atoms with E-state index in [2.05, 4.69) is 16.7 Å². The molecule has 0 unspecified atom stereocenters. The third-order valence-electron chi connectivity index (χ3n) is 4.24. The average molecular weight is 316 g/mol. The van der Waals surface area contributed by atoms with Crippen molar-refractivity contribution in [2.45, 2.75) is 18.9 Å². The molecule has 22 heavy (non-hydrogen) atoms. The molecule has 114 valence electrons. The lowest BCUT2D eigenvalue weighted by Crippen LogP contribution is -2.51. The van der Waals surface area contributed by atoms with E-state index < -0.39 is 0 Å². The van der Waals surface area contributed by atoms with Crippen LogP contribution < -0.4 is 20.1 Å². The predicted molar refractivity (Wildman–Crippen MR) is 84.9 cm³/mol. The highest BCUT2D eigenvalue weighted by Crippen LogP contribution is 2.38. The summed E-state index contributed by atoms with van der Waals surface area (Å²) in [7, 11) is 0. The first-order valence-corrected chi connectivity index (χ1v) is 7.83. The lowest BCUT2D eigenvalue weighted by Gasteiger charge is -2.38. The summed E-state index contributed by atoms with van der Waals surface area (Å²) in [6.07, 6.45) is 3.42. The van der Waals surface area contributed by atoms with E-state index in [4.69, 9.17) is 21.7 Å². The molecule has 0 amide bonds. The molecule has 1 aliphatic carbocycles. The molecule has 0 bridgehead atoms. The number of thiocarbonyl (C=S) groups is 1. The van der Waals surface area contributed by atoms with Gasteiger partial charge in [-0.1, -0.05) is 12.1 Å². The van der Waals surface area contributed by atoms with Crippen molar-refractivity contribution in [3.8, 4) is 11.5 Å². The van der Waals surface area contributed by atoms with E-state index in [1.54, 1.807) is 0 Å². The number of ketones is 1. The number of Topliss-reactive ketones (excluding diaryl/α,β-unsaturated/α-hetero) is 1. The van der Waals surface area contributed by atoms with Crippen LogP contribution in [0.1, 0.15) is 24.4 Å². The van der Waals surface area contributed by atoms with Crippen LogP contribution in [0.2, 0.25) is 0 Å². The van der Waals surface area contributed by atoms with E-state index >= 15 is 0 Å². The van der Waals surface area contributed by atoms with E-state index in [0.717, 1.165) is 29.2 Å². The van der Waals surface area contributed by atoms with Crippen LogP contribution >= 0.6 is 12.2 Å². The van der Waals surface area contributed by atoms with Crippen molar-refractivity contribution in [2.75, 3.05) is 13.2 Å². The van der Waals surface area contributed by atoms with Crippen molar-refractivity contribution in [3.63, 3.8) is 0 Å². The number of benzene rings is 1. The SMILES string of the molecule is O=C1CCC=C2NC(=S)N[C@H](c3ccc4c(c3)OCCO4)[C@@H]12. The van der Waals surface area contributed by atoms with Gasteiger partial charge in [-0.25, -0.2) is 0 Å². The Morgan fingerprint density at radius 3 is 2.86 bits per heavy atom. The van der Waals surface area contributed by atoms with Crippen molar-refractivity contribution in [1.29, 1.82) is 0 Å². The Morgan fingerprint density at radius 1 is 1.18 bits per heavy atom. The second-order valence-electron chi connectivity index (χ2n) is 5.62. The zero-order chi connectivity index (χ0) is 15.1. The molecule has 5 nitrogen and oxygen atoms in total. The molecule has 1 aromatic carbocycles. The van der Waals surface area contributed by atoms with Gasteiger partial charge in [0.1, 0.15) is 19.0 Å². The van der Waals surface area contributed by atoms with Crippen LogP contribution in [0.15, 0.2) is 30.0 Å². The van der Waals surface area contributed by atoms with E-state index in [0.29, 0.717) is 24.7 Å². The third kappa shape index (κ3) is 2.23. The van der Waals surface area contributed by atoms with Crippen LogP contribution in [-0.4, -0.2) is 24.1 Å². The number of hydrogen-bond donors (Lipinski definition) is 2. The number of allylic oxidation sites excluding steroid dienone is 1. The van der Waals surface area contributed by atoms with Crippen LogP contribution in [0.5, 0.6) is 11.5 Å². The summed E-state index contributed by atoms with van der Waals surface area (Å²) in [5.41, 5.74) is 1.90. The topological polar surface area (TPSA) is 59.6 Å². The Labute approximate surface area is 133 Å². The summed E-state index contributed by atoms with van der Waals surface area (Å²) in [6, 6.07) is 5.65. The van der Waals surface area contributed by atoms with Crippen molar-refractivity contribution in [3.05, 3.63) is 35.5 Å². The largest absolute Gasteiger partial charge is 0.486 e. The van der Waals surface area contributed by atoms with Crippen LogP contribution in [0, 0.1) is 5.92 Å². The Hall–Kier alpha value is -2.08. The summed E-state index contributed by atoms with van der Waals surface area (Å²) in [5.74, 6) is 1.49.